The molecule has 1 aliphatic carbocycles. The van der Waals surface area contributed by atoms with Gasteiger partial charge in [-0.3, -0.25) is 0 Å². The first-order valence-electron chi connectivity index (χ1n) is 4.98. The summed E-state index contributed by atoms with van der Waals surface area (Å²) >= 11 is 3.36. The van der Waals surface area contributed by atoms with Gasteiger partial charge in [0.1, 0.15) is 4.60 Å². The molecule has 0 aromatic carbocycles. The zero-order valence-electron chi connectivity index (χ0n) is 8.81. The van der Waals surface area contributed by atoms with Crippen molar-refractivity contribution in [1.82, 2.24) is 4.98 Å². The SMILES string of the molecule is COC(C(=O)O)C1(c2cccnc2Br)CC1. The van der Waals surface area contributed by atoms with Gasteiger partial charge in [-0.1, -0.05) is 6.07 Å². The molecule has 1 aromatic heterocycles. The number of aromatic nitrogens is 1. The van der Waals surface area contributed by atoms with Gasteiger partial charge in [0.05, 0.1) is 0 Å². The van der Waals surface area contributed by atoms with E-state index in [1.807, 2.05) is 12.1 Å². The maximum absolute atomic E-state index is 11.1. The van der Waals surface area contributed by atoms with Gasteiger partial charge >= 0.3 is 5.97 Å². The Morgan fingerprint density at radius 1 is 1.69 bits per heavy atom. The molecule has 0 spiro atoms. The minimum absolute atomic E-state index is 0.409. The zero-order chi connectivity index (χ0) is 11.8. The van der Waals surface area contributed by atoms with Crippen LogP contribution in [0.15, 0.2) is 22.9 Å². The third-order valence-electron chi connectivity index (χ3n) is 3.05. The summed E-state index contributed by atoms with van der Waals surface area (Å²) < 4.78 is 5.80. The lowest BCUT2D eigenvalue weighted by atomic mass is 9.91. The normalized spacial score (nSPS) is 19.1. The number of methoxy groups -OCH3 is 1. The van der Waals surface area contributed by atoms with Crippen LogP contribution in [0.3, 0.4) is 0 Å². The summed E-state index contributed by atoms with van der Waals surface area (Å²) in [6, 6.07) is 3.72. The number of hydrogen-bond donors (Lipinski definition) is 1. The van der Waals surface area contributed by atoms with E-state index in [1.54, 1.807) is 6.20 Å². The van der Waals surface area contributed by atoms with Crippen molar-refractivity contribution in [1.29, 1.82) is 0 Å². The summed E-state index contributed by atoms with van der Waals surface area (Å²) in [6.07, 6.45) is 2.52. The number of pyridine rings is 1. The average molecular weight is 286 g/mol. The van der Waals surface area contributed by atoms with Crippen molar-refractivity contribution in [2.45, 2.75) is 24.4 Å². The van der Waals surface area contributed by atoms with Gasteiger partial charge in [0, 0.05) is 18.7 Å². The number of rotatable bonds is 4. The van der Waals surface area contributed by atoms with Crippen LogP contribution in [0.2, 0.25) is 0 Å². The van der Waals surface area contributed by atoms with Gasteiger partial charge in [0.15, 0.2) is 6.10 Å². The maximum Gasteiger partial charge on any atom is 0.333 e. The molecule has 1 fully saturated rings. The Hall–Kier alpha value is -0.940. The van der Waals surface area contributed by atoms with E-state index in [4.69, 9.17) is 9.84 Å². The monoisotopic (exact) mass is 285 g/mol. The molecule has 0 amide bonds. The van der Waals surface area contributed by atoms with E-state index < -0.39 is 17.5 Å². The number of hydrogen-bond acceptors (Lipinski definition) is 3. The van der Waals surface area contributed by atoms with Crippen molar-refractivity contribution in [2.75, 3.05) is 7.11 Å². The van der Waals surface area contributed by atoms with E-state index in [-0.39, 0.29) is 0 Å². The summed E-state index contributed by atoms with van der Waals surface area (Å²) in [6.45, 7) is 0. The maximum atomic E-state index is 11.1. The summed E-state index contributed by atoms with van der Waals surface area (Å²) in [4.78, 5) is 15.3. The predicted molar refractivity (Wildman–Crippen MR) is 61.3 cm³/mol. The molecular formula is C11H12BrNO3. The van der Waals surface area contributed by atoms with E-state index in [2.05, 4.69) is 20.9 Å². The largest absolute Gasteiger partial charge is 0.479 e. The van der Waals surface area contributed by atoms with Crippen LogP contribution in [0.4, 0.5) is 0 Å². The highest BCUT2D eigenvalue weighted by atomic mass is 79.9. The average Bonchev–Trinajstić information content (AvgIpc) is 3.00. The lowest BCUT2D eigenvalue weighted by Crippen LogP contribution is -2.36. The minimum atomic E-state index is -0.921. The van der Waals surface area contributed by atoms with Gasteiger partial charge in [-0.2, -0.15) is 0 Å². The highest BCUT2D eigenvalue weighted by molar-refractivity contribution is 9.10. The molecule has 5 heteroatoms. The molecule has 2 rings (SSSR count). The van der Waals surface area contributed by atoms with Crippen LogP contribution in [-0.2, 0) is 14.9 Å². The van der Waals surface area contributed by atoms with Crippen LogP contribution in [0.5, 0.6) is 0 Å². The fourth-order valence-corrected chi connectivity index (χ4v) is 2.77. The number of nitrogens with zero attached hydrogens (tertiary/aromatic N) is 1. The second kappa shape index (κ2) is 4.14. The second-order valence-corrected chi connectivity index (χ2v) is 4.70. The van der Waals surface area contributed by atoms with Crippen molar-refractivity contribution >= 4 is 21.9 Å². The molecule has 1 N–H and O–H groups in total. The highest BCUT2D eigenvalue weighted by Crippen LogP contribution is 2.53. The summed E-state index contributed by atoms with van der Waals surface area (Å²) in [5.41, 5.74) is 0.512. The molecule has 1 aromatic rings. The van der Waals surface area contributed by atoms with Crippen molar-refractivity contribution < 1.29 is 14.6 Å². The number of carboxylic acid groups (broad SMARTS) is 1. The molecule has 1 saturated carbocycles. The Bertz CT molecular complexity index is 417. The van der Waals surface area contributed by atoms with Crippen LogP contribution in [0.25, 0.3) is 0 Å². The molecule has 0 saturated heterocycles. The predicted octanol–water partition coefficient (Wildman–Crippen LogP) is 1.98. The minimum Gasteiger partial charge on any atom is -0.479 e. The van der Waals surface area contributed by atoms with Gasteiger partial charge < -0.3 is 9.84 Å². The third kappa shape index (κ3) is 1.74. The van der Waals surface area contributed by atoms with Gasteiger partial charge in [-0.25, -0.2) is 9.78 Å². The van der Waals surface area contributed by atoms with Gasteiger partial charge in [0.25, 0.3) is 0 Å². The second-order valence-electron chi connectivity index (χ2n) is 3.95. The van der Waals surface area contributed by atoms with Crippen molar-refractivity contribution in [3.8, 4) is 0 Å². The first-order chi connectivity index (χ1) is 7.62. The number of aliphatic carboxylic acids is 1. The molecule has 4 nitrogen and oxygen atoms in total. The van der Waals surface area contributed by atoms with Crippen LogP contribution < -0.4 is 0 Å². The molecule has 86 valence electrons. The number of halogens is 1. The molecule has 1 heterocycles. The quantitative estimate of drug-likeness (QED) is 0.860. The topological polar surface area (TPSA) is 59.4 Å². The van der Waals surface area contributed by atoms with Crippen molar-refractivity contribution in [3.05, 3.63) is 28.5 Å². The Morgan fingerprint density at radius 2 is 2.38 bits per heavy atom. The Kier molecular flexibility index (Phi) is 2.99. The van der Waals surface area contributed by atoms with Gasteiger partial charge in [-0.05, 0) is 40.4 Å². The van der Waals surface area contributed by atoms with E-state index in [9.17, 15) is 4.79 Å². The van der Waals surface area contributed by atoms with Gasteiger partial charge in [0.2, 0.25) is 0 Å². The first kappa shape index (κ1) is 11.5. The lowest BCUT2D eigenvalue weighted by Gasteiger charge is -2.23. The molecule has 1 unspecified atom stereocenters. The number of carboxylic acids is 1. The van der Waals surface area contributed by atoms with E-state index >= 15 is 0 Å². The molecule has 1 atom stereocenters. The summed E-state index contributed by atoms with van der Waals surface area (Å²) in [5.74, 6) is -0.921. The highest BCUT2D eigenvalue weighted by Gasteiger charge is 2.55. The van der Waals surface area contributed by atoms with Crippen LogP contribution in [0, 0.1) is 0 Å². The Labute approximate surface area is 102 Å². The Morgan fingerprint density at radius 3 is 2.81 bits per heavy atom. The molecule has 16 heavy (non-hydrogen) atoms. The van der Waals surface area contributed by atoms with E-state index in [0.717, 1.165) is 18.4 Å². The molecule has 0 aliphatic heterocycles. The fraction of sp³-hybridized carbons (Fsp3) is 0.455. The van der Waals surface area contributed by atoms with E-state index in [0.29, 0.717) is 4.60 Å². The Balaban J connectivity index is 2.39. The first-order valence-corrected chi connectivity index (χ1v) is 5.78. The molecular weight excluding hydrogens is 274 g/mol. The van der Waals surface area contributed by atoms with Gasteiger partial charge in [-0.15, -0.1) is 0 Å². The third-order valence-corrected chi connectivity index (χ3v) is 3.68. The lowest BCUT2D eigenvalue weighted by molar-refractivity contribution is -0.150. The molecule has 1 aliphatic rings. The van der Waals surface area contributed by atoms with E-state index in [1.165, 1.54) is 7.11 Å². The van der Waals surface area contributed by atoms with Crippen LogP contribution in [0.1, 0.15) is 18.4 Å². The molecule has 0 radical (unpaired) electrons. The van der Waals surface area contributed by atoms with Crippen LogP contribution >= 0.6 is 15.9 Å². The number of ether oxygens (including phenoxy) is 1. The summed E-state index contributed by atoms with van der Waals surface area (Å²) in [7, 11) is 1.43. The zero-order valence-corrected chi connectivity index (χ0v) is 10.4. The smallest absolute Gasteiger partial charge is 0.333 e. The van der Waals surface area contributed by atoms with Crippen molar-refractivity contribution in [3.63, 3.8) is 0 Å². The molecule has 0 bridgehead atoms. The number of carbonyl (C=O) groups is 1. The fourth-order valence-electron chi connectivity index (χ4n) is 2.13. The summed E-state index contributed by atoms with van der Waals surface area (Å²) in [5, 5.41) is 9.14. The van der Waals surface area contributed by atoms with Crippen LogP contribution in [-0.4, -0.2) is 29.3 Å². The van der Waals surface area contributed by atoms with Crippen molar-refractivity contribution in [2.24, 2.45) is 0 Å². The standard InChI is InChI=1S/C11H12BrNO3/c1-16-8(10(14)15)11(4-5-11)7-3-2-6-13-9(7)12/h2-3,6,8H,4-5H2,1H3,(H,14,15).